The molecule has 0 aliphatic carbocycles. The molecule has 0 aliphatic heterocycles. The van der Waals surface area contributed by atoms with E-state index in [0.717, 1.165) is 24.8 Å². The van der Waals surface area contributed by atoms with Crippen molar-refractivity contribution in [3.8, 4) is 5.75 Å². The number of amides is 1. The largest absolute Gasteiger partial charge is 0.483 e. The van der Waals surface area contributed by atoms with E-state index in [2.05, 4.69) is 0 Å². The van der Waals surface area contributed by atoms with Gasteiger partial charge in [-0.1, -0.05) is 11.6 Å². The number of hydrogen-bond donors (Lipinski definition) is 1. The summed E-state index contributed by atoms with van der Waals surface area (Å²) in [5.74, 6) is 0.625. The van der Waals surface area contributed by atoms with E-state index < -0.39 is 0 Å². The van der Waals surface area contributed by atoms with Crippen LogP contribution < -0.4 is 4.74 Å². The van der Waals surface area contributed by atoms with Crippen LogP contribution in [0, 0.1) is 6.92 Å². The Hall–Kier alpha value is -1.26. The highest BCUT2D eigenvalue weighted by atomic mass is 35.5. The molecule has 1 aromatic rings. The van der Waals surface area contributed by atoms with Gasteiger partial charge in [0.15, 0.2) is 6.61 Å². The third kappa shape index (κ3) is 5.80. The summed E-state index contributed by atoms with van der Waals surface area (Å²) in [6, 6.07) is 5.32. The average molecular weight is 300 g/mol. The number of rotatable bonds is 8. The highest BCUT2D eigenvalue weighted by molar-refractivity contribution is 6.30. The number of halogens is 1. The Morgan fingerprint density at radius 3 is 2.75 bits per heavy atom. The van der Waals surface area contributed by atoms with Crippen molar-refractivity contribution in [3.05, 3.63) is 28.8 Å². The number of unbranched alkanes of at least 4 members (excludes halogenated alkanes) is 2. The number of aliphatic hydroxyl groups is 1. The van der Waals surface area contributed by atoms with Gasteiger partial charge in [-0.05, 0) is 49.9 Å². The van der Waals surface area contributed by atoms with Gasteiger partial charge < -0.3 is 14.7 Å². The number of carbonyl (C=O) groups is 1. The Bertz CT molecular complexity index is 437. The molecule has 0 saturated heterocycles. The summed E-state index contributed by atoms with van der Waals surface area (Å²) in [5.41, 5.74) is 0.913. The third-order valence-electron chi connectivity index (χ3n) is 3.07. The van der Waals surface area contributed by atoms with Crippen LogP contribution in [-0.4, -0.2) is 42.7 Å². The predicted octanol–water partition coefficient (Wildman–Crippen LogP) is 2.65. The Labute approximate surface area is 125 Å². The summed E-state index contributed by atoms with van der Waals surface area (Å²) in [6.07, 6.45) is 2.59. The van der Waals surface area contributed by atoms with Gasteiger partial charge in [0.2, 0.25) is 0 Å². The maximum Gasteiger partial charge on any atom is 0.260 e. The summed E-state index contributed by atoms with van der Waals surface area (Å²) in [4.78, 5) is 13.5. The number of aryl methyl sites for hydroxylation is 1. The van der Waals surface area contributed by atoms with Crippen molar-refractivity contribution in [1.82, 2.24) is 4.90 Å². The fraction of sp³-hybridized carbons (Fsp3) is 0.533. The molecule has 0 bridgehead atoms. The van der Waals surface area contributed by atoms with E-state index in [-0.39, 0.29) is 19.1 Å². The molecule has 0 unspecified atom stereocenters. The standard InChI is InChI=1S/C15H22ClNO3/c1-12-10-13(16)6-7-14(12)20-11-15(19)17(2)8-4-3-5-9-18/h6-7,10,18H,3-5,8-9,11H2,1-2H3. The molecule has 5 heteroatoms. The lowest BCUT2D eigenvalue weighted by molar-refractivity contribution is -0.132. The summed E-state index contributed by atoms with van der Waals surface area (Å²) < 4.78 is 5.51. The van der Waals surface area contributed by atoms with E-state index in [4.69, 9.17) is 21.4 Å². The second-order valence-corrected chi connectivity index (χ2v) is 5.23. The summed E-state index contributed by atoms with van der Waals surface area (Å²) >= 11 is 5.86. The van der Waals surface area contributed by atoms with Gasteiger partial charge in [-0.15, -0.1) is 0 Å². The van der Waals surface area contributed by atoms with Gasteiger partial charge >= 0.3 is 0 Å². The fourth-order valence-electron chi connectivity index (χ4n) is 1.79. The number of ether oxygens (including phenoxy) is 1. The predicted molar refractivity (Wildman–Crippen MR) is 80.3 cm³/mol. The Morgan fingerprint density at radius 2 is 2.10 bits per heavy atom. The number of nitrogens with zero attached hydrogens (tertiary/aromatic N) is 1. The first-order valence-corrected chi connectivity index (χ1v) is 7.16. The van der Waals surface area contributed by atoms with Crippen molar-refractivity contribution in [2.75, 3.05) is 26.8 Å². The van der Waals surface area contributed by atoms with Gasteiger partial charge in [-0.2, -0.15) is 0 Å². The van der Waals surface area contributed by atoms with Crippen LogP contribution in [-0.2, 0) is 4.79 Å². The zero-order valence-electron chi connectivity index (χ0n) is 12.1. The first kappa shape index (κ1) is 16.8. The molecule has 0 radical (unpaired) electrons. The van der Waals surface area contributed by atoms with Crippen molar-refractivity contribution < 1.29 is 14.6 Å². The summed E-state index contributed by atoms with van der Waals surface area (Å²) in [7, 11) is 1.76. The SMILES string of the molecule is Cc1cc(Cl)ccc1OCC(=O)N(C)CCCCCO. The molecule has 1 rings (SSSR count). The van der Waals surface area contributed by atoms with E-state index >= 15 is 0 Å². The smallest absolute Gasteiger partial charge is 0.260 e. The van der Waals surface area contributed by atoms with Crippen molar-refractivity contribution in [2.24, 2.45) is 0 Å². The lowest BCUT2D eigenvalue weighted by Gasteiger charge is -2.17. The molecular weight excluding hydrogens is 278 g/mol. The number of benzene rings is 1. The molecule has 1 amide bonds. The van der Waals surface area contributed by atoms with Crippen molar-refractivity contribution in [1.29, 1.82) is 0 Å². The van der Waals surface area contributed by atoms with Gasteiger partial charge in [0, 0.05) is 25.2 Å². The van der Waals surface area contributed by atoms with Gasteiger partial charge in [0.1, 0.15) is 5.75 Å². The van der Waals surface area contributed by atoms with Gasteiger partial charge in [-0.25, -0.2) is 0 Å². The van der Waals surface area contributed by atoms with Crippen LogP contribution in [0.15, 0.2) is 18.2 Å². The molecule has 20 heavy (non-hydrogen) atoms. The molecule has 4 nitrogen and oxygen atoms in total. The summed E-state index contributed by atoms with van der Waals surface area (Å²) in [5, 5.41) is 9.34. The van der Waals surface area contributed by atoms with E-state index in [9.17, 15) is 4.79 Å². The monoisotopic (exact) mass is 299 g/mol. The highest BCUT2D eigenvalue weighted by Gasteiger charge is 2.10. The third-order valence-corrected chi connectivity index (χ3v) is 3.30. The van der Waals surface area contributed by atoms with E-state index in [0.29, 0.717) is 17.3 Å². The second kappa shape index (κ2) is 8.82. The normalized spacial score (nSPS) is 10.4. The molecular formula is C15H22ClNO3. The quantitative estimate of drug-likeness (QED) is 0.751. The van der Waals surface area contributed by atoms with Crippen LogP contribution in [0.5, 0.6) is 5.75 Å². The molecule has 0 aliphatic rings. The topological polar surface area (TPSA) is 49.8 Å². The first-order valence-electron chi connectivity index (χ1n) is 6.78. The highest BCUT2D eigenvalue weighted by Crippen LogP contribution is 2.21. The number of carbonyl (C=O) groups excluding carboxylic acids is 1. The van der Waals surface area contributed by atoms with E-state index in [1.54, 1.807) is 30.1 Å². The molecule has 0 aromatic heterocycles. The van der Waals surface area contributed by atoms with Crippen LogP contribution in [0.4, 0.5) is 0 Å². The lowest BCUT2D eigenvalue weighted by Crippen LogP contribution is -2.32. The van der Waals surface area contributed by atoms with Gasteiger partial charge in [0.05, 0.1) is 0 Å². The Balaban J connectivity index is 2.34. The summed E-state index contributed by atoms with van der Waals surface area (Å²) in [6.45, 7) is 2.81. The fourth-order valence-corrected chi connectivity index (χ4v) is 2.01. The Morgan fingerprint density at radius 1 is 1.35 bits per heavy atom. The van der Waals surface area contributed by atoms with Crippen molar-refractivity contribution in [2.45, 2.75) is 26.2 Å². The maximum atomic E-state index is 11.9. The van der Waals surface area contributed by atoms with Gasteiger partial charge in [-0.3, -0.25) is 4.79 Å². The molecule has 0 heterocycles. The molecule has 0 spiro atoms. The van der Waals surface area contributed by atoms with E-state index in [1.807, 2.05) is 6.92 Å². The van der Waals surface area contributed by atoms with Crippen LogP contribution >= 0.6 is 11.6 Å². The minimum absolute atomic E-state index is 0.0268. The molecule has 1 aromatic carbocycles. The molecule has 112 valence electrons. The minimum Gasteiger partial charge on any atom is -0.483 e. The zero-order valence-corrected chi connectivity index (χ0v) is 12.8. The van der Waals surface area contributed by atoms with Crippen LogP contribution in [0.2, 0.25) is 5.02 Å². The average Bonchev–Trinajstić information content (AvgIpc) is 2.42. The van der Waals surface area contributed by atoms with Crippen LogP contribution in [0.1, 0.15) is 24.8 Å². The lowest BCUT2D eigenvalue weighted by atomic mass is 10.2. The first-order chi connectivity index (χ1) is 9.54. The van der Waals surface area contributed by atoms with Crippen molar-refractivity contribution >= 4 is 17.5 Å². The van der Waals surface area contributed by atoms with Gasteiger partial charge in [0.25, 0.3) is 5.91 Å². The number of likely N-dealkylation sites (N-methyl/N-ethyl adjacent to an activating group) is 1. The zero-order chi connectivity index (χ0) is 15.0. The van der Waals surface area contributed by atoms with Crippen LogP contribution in [0.3, 0.4) is 0 Å². The molecule has 1 N–H and O–H groups in total. The molecule has 0 atom stereocenters. The molecule has 0 saturated carbocycles. The second-order valence-electron chi connectivity index (χ2n) is 4.80. The van der Waals surface area contributed by atoms with E-state index in [1.165, 1.54) is 0 Å². The van der Waals surface area contributed by atoms with Crippen LogP contribution in [0.25, 0.3) is 0 Å². The number of aliphatic hydroxyl groups excluding tert-OH is 1. The number of hydrogen-bond acceptors (Lipinski definition) is 3. The Kier molecular flexibility index (Phi) is 7.41. The maximum absolute atomic E-state index is 11.9. The van der Waals surface area contributed by atoms with Crippen molar-refractivity contribution in [3.63, 3.8) is 0 Å². The molecule has 0 fully saturated rings. The minimum atomic E-state index is -0.0525.